The van der Waals surface area contributed by atoms with E-state index in [0.29, 0.717) is 12.0 Å². The average Bonchev–Trinajstić information content (AvgIpc) is 2.49. The Morgan fingerprint density at radius 1 is 1.10 bits per heavy atom. The van der Waals surface area contributed by atoms with Gasteiger partial charge in [0.15, 0.2) is 0 Å². The van der Waals surface area contributed by atoms with Crippen molar-refractivity contribution in [3.05, 3.63) is 11.4 Å². The monoisotopic (exact) mass is 290 g/mol. The Hall–Kier alpha value is -1.32. The van der Waals surface area contributed by atoms with E-state index in [-0.39, 0.29) is 0 Å². The van der Waals surface area contributed by atoms with Crippen LogP contribution in [-0.4, -0.2) is 22.6 Å². The molecule has 1 heterocycles. The van der Waals surface area contributed by atoms with Gasteiger partial charge in [-0.3, -0.25) is 0 Å². The fraction of sp³-hybridized carbons (Fsp3) is 0.765. The molecule has 1 saturated carbocycles. The molecule has 0 radical (unpaired) electrons. The summed E-state index contributed by atoms with van der Waals surface area (Å²) in [5.74, 6) is 3.30. The smallest absolute Gasteiger partial charge is 0.135 e. The summed E-state index contributed by atoms with van der Waals surface area (Å²) in [6.45, 7) is 9.55. The van der Waals surface area contributed by atoms with E-state index in [1.165, 1.54) is 32.1 Å². The molecule has 0 bridgehead atoms. The van der Waals surface area contributed by atoms with Crippen molar-refractivity contribution in [3.63, 3.8) is 0 Å². The Kier molecular flexibility index (Phi) is 5.83. The Balaban J connectivity index is 2.22. The molecule has 21 heavy (non-hydrogen) atoms. The maximum Gasteiger partial charge on any atom is 0.135 e. The molecule has 1 aromatic heterocycles. The summed E-state index contributed by atoms with van der Waals surface area (Å²) in [7, 11) is 0. The second kappa shape index (κ2) is 7.62. The molecule has 0 aromatic carbocycles. The van der Waals surface area contributed by atoms with Crippen LogP contribution in [0.5, 0.6) is 0 Å². The van der Waals surface area contributed by atoms with Crippen LogP contribution < -0.4 is 10.6 Å². The normalized spacial score (nSPS) is 16.2. The van der Waals surface area contributed by atoms with Gasteiger partial charge in [0.2, 0.25) is 0 Å². The van der Waals surface area contributed by atoms with Gasteiger partial charge in [-0.25, -0.2) is 9.97 Å². The number of nitrogens with one attached hydrogen (secondary N) is 2. The lowest BCUT2D eigenvalue weighted by Gasteiger charge is -2.25. The summed E-state index contributed by atoms with van der Waals surface area (Å²) >= 11 is 0. The van der Waals surface area contributed by atoms with Crippen molar-refractivity contribution in [2.45, 2.75) is 78.2 Å². The van der Waals surface area contributed by atoms with Crippen molar-refractivity contribution in [1.82, 2.24) is 9.97 Å². The highest BCUT2D eigenvalue weighted by Crippen LogP contribution is 2.27. The quantitative estimate of drug-likeness (QED) is 0.811. The molecule has 4 nitrogen and oxygen atoms in total. The van der Waals surface area contributed by atoms with Crippen LogP contribution in [0.2, 0.25) is 0 Å². The Bertz CT molecular complexity index is 450. The highest BCUT2D eigenvalue weighted by Gasteiger charge is 2.18. The van der Waals surface area contributed by atoms with E-state index < -0.39 is 0 Å². The molecular weight excluding hydrogens is 260 g/mol. The van der Waals surface area contributed by atoms with Crippen LogP contribution in [0, 0.1) is 6.92 Å². The van der Waals surface area contributed by atoms with Gasteiger partial charge in [-0.05, 0) is 26.2 Å². The predicted molar refractivity (Wildman–Crippen MR) is 90.1 cm³/mol. The van der Waals surface area contributed by atoms with E-state index in [4.69, 9.17) is 9.97 Å². The lowest BCUT2D eigenvalue weighted by molar-refractivity contribution is 0.461. The predicted octanol–water partition coefficient (Wildman–Crippen LogP) is 4.47. The van der Waals surface area contributed by atoms with E-state index >= 15 is 0 Å². The molecule has 2 rings (SSSR count). The SMILES string of the molecule is CCCNc1nc(C(C)C)nc(NC2CCCCC2)c1C. The number of hydrogen-bond donors (Lipinski definition) is 2. The van der Waals surface area contributed by atoms with Crippen molar-refractivity contribution in [2.75, 3.05) is 17.2 Å². The molecular formula is C17H30N4. The van der Waals surface area contributed by atoms with E-state index in [1.54, 1.807) is 0 Å². The molecule has 0 amide bonds. The van der Waals surface area contributed by atoms with Crippen molar-refractivity contribution >= 4 is 11.6 Å². The van der Waals surface area contributed by atoms with Crippen LogP contribution >= 0.6 is 0 Å². The van der Waals surface area contributed by atoms with Gasteiger partial charge in [0, 0.05) is 24.1 Å². The minimum Gasteiger partial charge on any atom is -0.370 e. The first kappa shape index (κ1) is 16.1. The zero-order valence-corrected chi connectivity index (χ0v) is 14.0. The molecule has 0 unspecified atom stereocenters. The number of anilines is 2. The van der Waals surface area contributed by atoms with E-state index in [1.807, 2.05) is 0 Å². The molecule has 2 N–H and O–H groups in total. The summed E-state index contributed by atoms with van der Waals surface area (Å²) in [5.41, 5.74) is 1.15. The van der Waals surface area contributed by atoms with Crippen molar-refractivity contribution in [1.29, 1.82) is 0 Å². The van der Waals surface area contributed by atoms with Crippen LogP contribution in [-0.2, 0) is 0 Å². The molecule has 1 aliphatic rings. The van der Waals surface area contributed by atoms with Crippen LogP contribution in [0.1, 0.15) is 76.6 Å². The lowest BCUT2D eigenvalue weighted by atomic mass is 9.95. The van der Waals surface area contributed by atoms with Gasteiger partial charge in [-0.15, -0.1) is 0 Å². The summed E-state index contributed by atoms with van der Waals surface area (Å²) in [5, 5.41) is 7.11. The molecule has 0 spiro atoms. The Morgan fingerprint density at radius 3 is 2.38 bits per heavy atom. The first-order valence-electron chi connectivity index (χ1n) is 8.50. The maximum absolute atomic E-state index is 4.77. The number of nitrogens with zero attached hydrogens (tertiary/aromatic N) is 2. The number of aromatic nitrogens is 2. The average molecular weight is 290 g/mol. The third kappa shape index (κ3) is 4.32. The maximum atomic E-state index is 4.77. The van der Waals surface area contributed by atoms with Crippen LogP contribution in [0.25, 0.3) is 0 Å². The standard InChI is InChI=1S/C17H30N4/c1-5-11-18-16-13(4)17(21-15(20-16)12(2)3)19-14-9-7-6-8-10-14/h12,14H,5-11H2,1-4H3,(H2,18,19,20,21). The Morgan fingerprint density at radius 2 is 1.76 bits per heavy atom. The van der Waals surface area contributed by atoms with Gasteiger partial charge >= 0.3 is 0 Å². The third-order valence-electron chi connectivity index (χ3n) is 4.17. The van der Waals surface area contributed by atoms with Gasteiger partial charge in [-0.2, -0.15) is 0 Å². The lowest BCUT2D eigenvalue weighted by Crippen LogP contribution is -2.24. The molecule has 0 saturated heterocycles. The minimum absolute atomic E-state index is 0.347. The summed E-state index contributed by atoms with van der Waals surface area (Å²) in [6.07, 6.45) is 7.67. The second-order valence-electron chi connectivity index (χ2n) is 6.46. The topological polar surface area (TPSA) is 49.8 Å². The van der Waals surface area contributed by atoms with Crippen LogP contribution in [0.15, 0.2) is 0 Å². The Labute approximate surface area is 129 Å². The first-order chi connectivity index (χ1) is 10.1. The fourth-order valence-corrected chi connectivity index (χ4v) is 2.79. The van der Waals surface area contributed by atoms with E-state index in [2.05, 4.69) is 38.3 Å². The zero-order chi connectivity index (χ0) is 15.2. The largest absolute Gasteiger partial charge is 0.370 e. The molecule has 1 aromatic rings. The van der Waals surface area contributed by atoms with Gasteiger partial charge < -0.3 is 10.6 Å². The van der Waals surface area contributed by atoms with Gasteiger partial charge in [0.25, 0.3) is 0 Å². The van der Waals surface area contributed by atoms with Crippen molar-refractivity contribution < 1.29 is 0 Å². The number of hydrogen-bond acceptors (Lipinski definition) is 4. The van der Waals surface area contributed by atoms with Crippen molar-refractivity contribution in [2.24, 2.45) is 0 Å². The first-order valence-corrected chi connectivity index (χ1v) is 8.50. The van der Waals surface area contributed by atoms with E-state index in [0.717, 1.165) is 36.0 Å². The summed E-state index contributed by atoms with van der Waals surface area (Å²) in [4.78, 5) is 9.47. The van der Waals surface area contributed by atoms with E-state index in [9.17, 15) is 0 Å². The van der Waals surface area contributed by atoms with Gasteiger partial charge in [0.1, 0.15) is 17.5 Å². The fourth-order valence-electron chi connectivity index (χ4n) is 2.79. The second-order valence-corrected chi connectivity index (χ2v) is 6.46. The van der Waals surface area contributed by atoms with Crippen molar-refractivity contribution in [3.8, 4) is 0 Å². The molecule has 1 fully saturated rings. The minimum atomic E-state index is 0.347. The van der Waals surface area contributed by atoms with Gasteiger partial charge in [0.05, 0.1) is 0 Å². The van der Waals surface area contributed by atoms with Gasteiger partial charge in [-0.1, -0.05) is 40.0 Å². The highest BCUT2D eigenvalue weighted by atomic mass is 15.1. The molecule has 4 heteroatoms. The van der Waals surface area contributed by atoms with Crippen LogP contribution in [0.4, 0.5) is 11.6 Å². The molecule has 1 aliphatic carbocycles. The zero-order valence-electron chi connectivity index (χ0n) is 14.0. The van der Waals surface area contributed by atoms with Crippen LogP contribution in [0.3, 0.4) is 0 Å². The molecule has 0 aliphatic heterocycles. The third-order valence-corrected chi connectivity index (χ3v) is 4.17. The highest BCUT2D eigenvalue weighted by molar-refractivity contribution is 5.57. The number of rotatable bonds is 6. The summed E-state index contributed by atoms with van der Waals surface area (Å²) < 4.78 is 0. The molecule has 118 valence electrons. The molecule has 0 atom stereocenters. The summed E-state index contributed by atoms with van der Waals surface area (Å²) in [6, 6.07) is 0.575.